The van der Waals surface area contributed by atoms with E-state index >= 15 is 0 Å². The minimum absolute atomic E-state index is 0.00885. The van der Waals surface area contributed by atoms with Gasteiger partial charge in [0.15, 0.2) is 6.61 Å². The Hall–Kier alpha value is -1.26. The van der Waals surface area contributed by atoms with E-state index in [4.69, 9.17) is 22.1 Å². The maximum atomic E-state index is 12.1. The van der Waals surface area contributed by atoms with Crippen LogP contribution in [0.4, 0.5) is 0 Å². The first-order valence-corrected chi connectivity index (χ1v) is 7.33. The van der Waals surface area contributed by atoms with Crippen LogP contribution in [0.1, 0.15) is 25.7 Å². The molecule has 5 heteroatoms. The maximum absolute atomic E-state index is 12.1. The number of halogens is 1. The number of ether oxygens (including phenoxy) is 1. The molecule has 1 aromatic rings. The molecule has 110 valence electrons. The quantitative estimate of drug-likeness (QED) is 0.928. The van der Waals surface area contributed by atoms with Gasteiger partial charge in [-0.05, 0) is 43.9 Å². The zero-order valence-corrected chi connectivity index (χ0v) is 12.5. The molecule has 1 aliphatic rings. The van der Waals surface area contributed by atoms with Crippen molar-refractivity contribution < 1.29 is 9.53 Å². The highest BCUT2D eigenvalue weighted by Gasteiger charge is 2.25. The van der Waals surface area contributed by atoms with Gasteiger partial charge in [0, 0.05) is 24.2 Å². The molecule has 2 N–H and O–H groups in total. The molecule has 0 spiro atoms. The topological polar surface area (TPSA) is 55.6 Å². The molecule has 0 aliphatic heterocycles. The van der Waals surface area contributed by atoms with Crippen LogP contribution >= 0.6 is 11.6 Å². The molecule has 1 aromatic carbocycles. The molecule has 4 nitrogen and oxygen atoms in total. The Morgan fingerprint density at radius 1 is 1.40 bits per heavy atom. The van der Waals surface area contributed by atoms with Crippen LogP contribution in [-0.2, 0) is 4.79 Å². The number of hydrogen-bond acceptors (Lipinski definition) is 3. The smallest absolute Gasteiger partial charge is 0.260 e. The fourth-order valence-corrected chi connectivity index (χ4v) is 2.68. The molecule has 1 amide bonds. The number of carbonyl (C=O) groups excluding carboxylic acids is 1. The van der Waals surface area contributed by atoms with Crippen molar-refractivity contribution in [2.24, 2.45) is 5.73 Å². The first-order valence-electron chi connectivity index (χ1n) is 6.96. The van der Waals surface area contributed by atoms with Crippen LogP contribution in [0.5, 0.6) is 5.75 Å². The third kappa shape index (κ3) is 4.12. The van der Waals surface area contributed by atoms with Gasteiger partial charge in [-0.2, -0.15) is 0 Å². The molecule has 0 unspecified atom stereocenters. The second-order valence-corrected chi connectivity index (χ2v) is 5.76. The van der Waals surface area contributed by atoms with Crippen molar-refractivity contribution in [2.75, 3.05) is 13.7 Å². The molecule has 1 saturated carbocycles. The minimum Gasteiger partial charge on any atom is -0.484 e. The fraction of sp³-hybridized carbons (Fsp3) is 0.533. The third-order valence-corrected chi connectivity index (χ3v) is 4.08. The average Bonchev–Trinajstić information content (AvgIpc) is 2.45. The van der Waals surface area contributed by atoms with Gasteiger partial charge in [-0.1, -0.05) is 17.7 Å². The zero-order chi connectivity index (χ0) is 14.5. The number of likely N-dealkylation sites (N-methyl/N-ethyl adjacent to an activating group) is 1. The summed E-state index contributed by atoms with van der Waals surface area (Å²) < 4.78 is 5.48. The summed E-state index contributed by atoms with van der Waals surface area (Å²) in [5.41, 5.74) is 5.88. The van der Waals surface area contributed by atoms with Crippen molar-refractivity contribution in [1.82, 2.24) is 4.90 Å². The standard InChI is InChI=1S/C15H21ClN2O2/c1-18(13-7-5-12(17)6-8-13)15(19)10-20-14-4-2-3-11(16)9-14/h2-4,9,12-13H,5-8,10,17H2,1H3. The SMILES string of the molecule is CN(C(=O)COc1cccc(Cl)c1)C1CCC(N)CC1. The van der Waals surface area contributed by atoms with Crippen LogP contribution in [-0.4, -0.2) is 36.5 Å². The molecule has 0 aromatic heterocycles. The van der Waals surface area contributed by atoms with Crippen molar-refractivity contribution >= 4 is 17.5 Å². The first-order chi connectivity index (χ1) is 9.56. The predicted molar refractivity (Wildman–Crippen MR) is 79.9 cm³/mol. The van der Waals surface area contributed by atoms with E-state index in [1.165, 1.54) is 0 Å². The fourth-order valence-electron chi connectivity index (χ4n) is 2.50. The van der Waals surface area contributed by atoms with Crippen LogP contribution < -0.4 is 10.5 Å². The van der Waals surface area contributed by atoms with Gasteiger partial charge in [-0.15, -0.1) is 0 Å². The van der Waals surface area contributed by atoms with Crippen molar-refractivity contribution in [1.29, 1.82) is 0 Å². The van der Waals surface area contributed by atoms with Crippen LogP contribution in [0.25, 0.3) is 0 Å². The Morgan fingerprint density at radius 3 is 2.75 bits per heavy atom. The highest BCUT2D eigenvalue weighted by Crippen LogP contribution is 2.22. The highest BCUT2D eigenvalue weighted by atomic mass is 35.5. The predicted octanol–water partition coefficient (Wildman–Crippen LogP) is 2.45. The number of rotatable bonds is 4. The molecule has 2 rings (SSSR count). The van der Waals surface area contributed by atoms with E-state index < -0.39 is 0 Å². The number of nitrogens with zero attached hydrogens (tertiary/aromatic N) is 1. The molecule has 0 bridgehead atoms. The van der Waals surface area contributed by atoms with E-state index in [0.29, 0.717) is 10.8 Å². The minimum atomic E-state index is -0.00885. The summed E-state index contributed by atoms with van der Waals surface area (Å²) in [5.74, 6) is 0.607. The second-order valence-electron chi connectivity index (χ2n) is 5.32. The third-order valence-electron chi connectivity index (χ3n) is 3.84. The van der Waals surface area contributed by atoms with Crippen molar-refractivity contribution in [3.63, 3.8) is 0 Å². The second kappa shape index (κ2) is 6.95. The molecule has 0 radical (unpaired) electrons. The summed E-state index contributed by atoms with van der Waals surface area (Å²) in [6.07, 6.45) is 3.91. The molecule has 0 saturated heterocycles. The summed E-state index contributed by atoms with van der Waals surface area (Å²) in [6, 6.07) is 7.64. The van der Waals surface area contributed by atoms with Crippen LogP contribution in [0.3, 0.4) is 0 Å². The Balaban J connectivity index is 1.82. The lowest BCUT2D eigenvalue weighted by atomic mass is 9.91. The lowest BCUT2D eigenvalue weighted by Crippen LogP contribution is -2.43. The Kier molecular flexibility index (Phi) is 5.26. The van der Waals surface area contributed by atoms with Gasteiger partial charge >= 0.3 is 0 Å². The van der Waals surface area contributed by atoms with Gasteiger partial charge in [-0.25, -0.2) is 0 Å². The van der Waals surface area contributed by atoms with E-state index in [1.807, 2.05) is 7.05 Å². The number of nitrogens with two attached hydrogens (primary N) is 1. The molecular weight excluding hydrogens is 276 g/mol. The number of carbonyl (C=O) groups is 1. The van der Waals surface area contributed by atoms with E-state index in [-0.39, 0.29) is 24.6 Å². The summed E-state index contributed by atoms with van der Waals surface area (Å²) in [7, 11) is 1.84. The van der Waals surface area contributed by atoms with Crippen molar-refractivity contribution in [3.8, 4) is 5.75 Å². The Bertz CT molecular complexity index is 459. The largest absolute Gasteiger partial charge is 0.484 e. The zero-order valence-electron chi connectivity index (χ0n) is 11.7. The van der Waals surface area contributed by atoms with Gasteiger partial charge in [0.1, 0.15) is 5.75 Å². The highest BCUT2D eigenvalue weighted by molar-refractivity contribution is 6.30. The van der Waals surface area contributed by atoms with Crippen LogP contribution in [0, 0.1) is 0 Å². The van der Waals surface area contributed by atoms with E-state index in [9.17, 15) is 4.79 Å². The number of hydrogen-bond donors (Lipinski definition) is 1. The lowest BCUT2D eigenvalue weighted by Gasteiger charge is -2.33. The molecule has 1 fully saturated rings. The normalized spacial score (nSPS) is 22.4. The van der Waals surface area contributed by atoms with Crippen molar-refractivity contribution in [3.05, 3.63) is 29.3 Å². The Morgan fingerprint density at radius 2 is 2.10 bits per heavy atom. The van der Waals surface area contributed by atoms with Crippen molar-refractivity contribution in [2.45, 2.75) is 37.8 Å². The molecule has 0 atom stereocenters. The maximum Gasteiger partial charge on any atom is 0.260 e. The Labute approximate surface area is 124 Å². The van der Waals surface area contributed by atoms with Gasteiger partial charge in [0.25, 0.3) is 5.91 Å². The van der Waals surface area contributed by atoms with E-state index in [0.717, 1.165) is 25.7 Å². The number of benzene rings is 1. The molecular formula is C15H21ClN2O2. The van der Waals surface area contributed by atoms with E-state index in [2.05, 4.69) is 0 Å². The summed E-state index contributed by atoms with van der Waals surface area (Å²) in [4.78, 5) is 13.9. The van der Waals surface area contributed by atoms with Gasteiger partial charge in [-0.3, -0.25) is 4.79 Å². The average molecular weight is 297 g/mol. The summed E-state index contributed by atoms with van der Waals surface area (Å²) in [5, 5.41) is 0.601. The molecule has 0 heterocycles. The summed E-state index contributed by atoms with van der Waals surface area (Å²) >= 11 is 5.87. The molecule has 1 aliphatic carbocycles. The van der Waals surface area contributed by atoms with Crippen LogP contribution in [0.15, 0.2) is 24.3 Å². The van der Waals surface area contributed by atoms with Gasteiger partial charge in [0.2, 0.25) is 0 Å². The van der Waals surface area contributed by atoms with Gasteiger partial charge < -0.3 is 15.4 Å². The molecule has 20 heavy (non-hydrogen) atoms. The van der Waals surface area contributed by atoms with Gasteiger partial charge in [0.05, 0.1) is 0 Å². The lowest BCUT2D eigenvalue weighted by molar-refractivity contribution is -0.134. The monoisotopic (exact) mass is 296 g/mol. The number of amides is 1. The first kappa shape index (κ1) is 15.1. The van der Waals surface area contributed by atoms with E-state index in [1.54, 1.807) is 29.2 Å². The summed E-state index contributed by atoms with van der Waals surface area (Å²) in [6.45, 7) is 0.0411. The van der Waals surface area contributed by atoms with Crippen LogP contribution in [0.2, 0.25) is 5.02 Å².